The lowest BCUT2D eigenvalue weighted by molar-refractivity contribution is -0.133. The highest BCUT2D eigenvalue weighted by molar-refractivity contribution is 5.82. The van der Waals surface area contributed by atoms with Crippen molar-refractivity contribution in [2.45, 2.75) is 31.8 Å². The molecular weight excluding hydrogens is 212 g/mol. The van der Waals surface area contributed by atoms with Crippen LogP contribution in [0.4, 0.5) is 0 Å². The number of carbonyl (C=O) groups is 1. The number of hydrogen-bond acceptors (Lipinski definition) is 2. The number of amides is 1. The van der Waals surface area contributed by atoms with Gasteiger partial charge in [-0.2, -0.15) is 0 Å². The van der Waals surface area contributed by atoms with Crippen molar-refractivity contribution in [1.82, 2.24) is 10.2 Å². The van der Waals surface area contributed by atoms with Gasteiger partial charge in [-0.05, 0) is 31.9 Å². The van der Waals surface area contributed by atoms with Crippen LogP contribution in [-0.2, 0) is 4.79 Å². The minimum atomic E-state index is 0.0196. The third kappa shape index (κ3) is 2.67. The molecule has 0 aliphatic carbocycles. The molecule has 1 aliphatic rings. The summed E-state index contributed by atoms with van der Waals surface area (Å²) in [6.45, 7) is 3.03. The number of nitrogens with zero attached hydrogens (tertiary/aromatic N) is 1. The van der Waals surface area contributed by atoms with Gasteiger partial charge in [0.15, 0.2) is 0 Å². The molecule has 0 aromatic heterocycles. The molecule has 1 amide bonds. The van der Waals surface area contributed by atoms with Crippen molar-refractivity contribution < 1.29 is 4.79 Å². The Morgan fingerprint density at radius 2 is 2.12 bits per heavy atom. The van der Waals surface area contributed by atoms with E-state index in [2.05, 4.69) is 24.4 Å². The molecule has 1 N–H and O–H groups in total. The normalized spacial score (nSPS) is 21.2. The zero-order valence-corrected chi connectivity index (χ0v) is 10.5. The lowest BCUT2D eigenvalue weighted by Gasteiger charge is -2.28. The van der Waals surface area contributed by atoms with Crippen LogP contribution in [0.1, 0.15) is 31.4 Å². The molecule has 3 heteroatoms. The average molecular weight is 232 g/mol. The summed E-state index contributed by atoms with van der Waals surface area (Å²) < 4.78 is 0. The van der Waals surface area contributed by atoms with Gasteiger partial charge in [0, 0.05) is 7.05 Å². The van der Waals surface area contributed by atoms with E-state index in [1.807, 2.05) is 30.1 Å². The number of carbonyl (C=O) groups excluding carboxylic acids is 1. The number of hydrogen-bond donors (Lipinski definition) is 1. The second-order valence-electron chi connectivity index (χ2n) is 4.68. The molecule has 0 spiro atoms. The molecule has 2 rings (SSSR count). The van der Waals surface area contributed by atoms with E-state index in [-0.39, 0.29) is 18.0 Å². The Bertz CT molecular complexity index is 371. The highest BCUT2D eigenvalue weighted by Gasteiger charge is 2.27. The number of nitrogens with one attached hydrogen (secondary N) is 1. The molecule has 1 saturated heterocycles. The summed E-state index contributed by atoms with van der Waals surface area (Å²) in [6, 6.07) is 10.3. The van der Waals surface area contributed by atoms with Crippen molar-refractivity contribution in [3.05, 3.63) is 35.9 Å². The Balaban J connectivity index is 2.04. The minimum absolute atomic E-state index is 0.0196. The largest absolute Gasteiger partial charge is 0.338 e. The van der Waals surface area contributed by atoms with Crippen LogP contribution in [-0.4, -0.2) is 30.4 Å². The molecule has 92 valence electrons. The Kier molecular flexibility index (Phi) is 3.79. The molecule has 1 fully saturated rings. The molecule has 0 bridgehead atoms. The quantitative estimate of drug-likeness (QED) is 0.864. The maximum Gasteiger partial charge on any atom is 0.239 e. The molecule has 0 saturated carbocycles. The lowest BCUT2D eigenvalue weighted by atomic mass is 10.1. The van der Waals surface area contributed by atoms with Crippen LogP contribution in [0.25, 0.3) is 0 Å². The molecule has 1 aromatic carbocycles. The summed E-state index contributed by atoms with van der Waals surface area (Å²) >= 11 is 0. The zero-order valence-electron chi connectivity index (χ0n) is 10.5. The number of benzene rings is 1. The van der Waals surface area contributed by atoms with Crippen molar-refractivity contribution in [3.8, 4) is 0 Å². The van der Waals surface area contributed by atoms with Gasteiger partial charge < -0.3 is 10.2 Å². The third-order valence-corrected chi connectivity index (χ3v) is 3.57. The van der Waals surface area contributed by atoms with Gasteiger partial charge in [0.2, 0.25) is 5.91 Å². The number of rotatable bonds is 3. The topological polar surface area (TPSA) is 32.3 Å². The Morgan fingerprint density at radius 1 is 1.41 bits per heavy atom. The lowest BCUT2D eigenvalue weighted by Crippen LogP contribution is -2.42. The summed E-state index contributed by atoms with van der Waals surface area (Å²) in [5.74, 6) is 0.207. The third-order valence-electron chi connectivity index (χ3n) is 3.57. The summed E-state index contributed by atoms with van der Waals surface area (Å²) in [6.07, 6.45) is 2.06. The van der Waals surface area contributed by atoms with Crippen LogP contribution in [0.15, 0.2) is 30.3 Å². The molecule has 1 unspecified atom stereocenters. The van der Waals surface area contributed by atoms with Crippen LogP contribution < -0.4 is 5.32 Å². The van der Waals surface area contributed by atoms with Crippen LogP contribution in [0.2, 0.25) is 0 Å². The fourth-order valence-electron chi connectivity index (χ4n) is 2.29. The van der Waals surface area contributed by atoms with Crippen LogP contribution in [0, 0.1) is 0 Å². The molecule has 3 nitrogen and oxygen atoms in total. The van der Waals surface area contributed by atoms with Gasteiger partial charge in [-0.3, -0.25) is 4.79 Å². The van der Waals surface area contributed by atoms with Crippen molar-refractivity contribution in [2.75, 3.05) is 13.6 Å². The first kappa shape index (κ1) is 12.1. The van der Waals surface area contributed by atoms with Crippen molar-refractivity contribution in [1.29, 1.82) is 0 Å². The van der Waals surface area contributed by atoms with Gasteiger partial charge in [0.1, 0.15) is 0 Å². The predicted octanol–water partition coefficient (Wildman–Crippen LogP) is 1.96. The summed E-state index contributed by atoms with van der Waals surface area (Å²) in [5, 5.41) is 3.25. The van der Waals surface area contributed by atoms with Gasteiger partial charge >= 0.3 is 0 Å². The first-order chi connectivity index (χ1) is 8.20. The van der Waals surface area contributed by atoms with E-state index < -0.39 is 0 Å². The standard InChI is InChI=1S/C14H20N2O/c1-11(12-7-4-3-5-8-12)16(2)14(17)13-9-6-10-15-13/h3-5,7-8,11,13,15H,6,9-10H2,1-2H3/t11?,13-/m1/s1. The first-order valence-electron chi connectivity index (χ1n) is 6.25. The van der Waals surface area contributed by atoms with Crippen LogP contribution >= 0.6 is 0 Å². The average Bonchev–Trinajstić information content (AvgIpc) is 2.91. The van der Waals surface area contributed by atoms with Gasteiger partial charge in [-0.25, -0.2) is 0 Å². The van der Waals surface area contributed by atoms with Gasteiger partial charge in [-0.1, -0.05) is 30.3 Å². The van der Waals surface area contributed by atoms with E-state index in [9.17, 15) is 4.79 Å². The summed E-state index contributed by atoms with van der Waals surface area (Å²) in [4.78, 5) is 14.1. The predicted molar refractivity (Wildman–Crippen MR) is 68.7 cm³/mol. The van der Waals surface area contributed by atoms with Crippen molar-refractivity contribution in [2.24, 2.45) is 0 Å². The second-order valence-corrected chi connectivity index (χ2v) is 4.68. The maximum absolute atomic E-state index is 12.2. The summed E-state index contributed by atoms with van der Waals surface area (Å²) in [7, 11) is 1.89. The van der Waals surface area contributed by atoms with E-state index >= 15 is 0 Å². The highest BCUT2D eigenvalue weighted by atomic mass is 16.2. The summed E-state index contributed by atoms with van der Waals surface area (Å²) in [5.41, 5.74) is 1.18. The maximum atomic E-state index is 12.2. The molecule has 1 aromatic rings. The molecule has 17 heavy (non-hydrogen) atoms. The Morgan fingerprint density at radius 3 is 2.71 bits per heavy atom. The van der Waals surface area contributed by atoms with E-state index in [0.29, 0.717) is 0 Å². The SMILES string of the molecule is CC(c1ccccc1)N(C)C(=O)[C@H]1CCCN1. The van der Waals surface area contributed by atoms with Crippen molar-refractivity contribution >= 4 is 5.91 Å². The van der Waals surface area contributed by atoms with Gasteiger partial charge in [0.05, 0.1) is 12.1 Å². The Hall–Kier alpha value is -1.35. The highest BCUT2D eigenvalue weighted by Crippen LogP contribution is 2.20. The molecule has 2 atom stereocenters. The molecule has 1 aliphatic heterocycles. The van der Waals surface area contributed by atoms with Crippen LogP contribution in [0.5, 0.6) is 0 Å². The first-order valence-corrected chi connectivity index (χ1v) is 6.25. The second kappa shape index (κ2) is 5.32. The van der Waals surface area contributed by atoms with Gasteiger partial charge in [-0.15, -0.1) is 0 Å². The molecular formula is C14H20N2O. The fourth-order valence-corrected chi connectivity index (χ4v) is 2.29. The van der Waals surface area contributed by atoms with Gasteiger partial charge in [0.25, 0.3) is 0 Å². The van der Waals surface area contributed by atoms with E-state index in [0.717, 1.165) is 19.4 Å². The van der Waals surface area contributed by atoms with Crippen molar-refractivity contribution in [3.63, 3.8) is 0 Å². The molecule has 0 radical (unpaired) electrons. The zero-order chi connectivity index (χ0) is 12.3. The fraction of sp³-hybridized carbons (Fsp3) is 0.500. The van der Waals surface area contributed by atoms with E-state index in [4.69, 9.17) is 0 Å². The molecule has 1 heterocycles. The smallest absolute Gasteiger partial charge is 0.239 e. The Labute approximate surface area is 103 Å². The minimum Gasteiger partial charge on any atom is -0.338 e. The van der Waals surface area contributed by atoms with E-state index in [1.54, 1.807) is 0 Å². The van der Waals surface area contributed by atoms with E-state index in [1.165, 1.54) is 5.56 Å². The number of likely N-dealkylation sites (N-methyl/N-ethyl adjacent to an activating group) is 1. The van der Waals surface area contributed by atoms with Crippen LogP contribution in [0.3, 0.4) is 0 Å². The monoisotopic (exact) mass is 232 g/mol.